The average molecular weight is 734 g/mol. The minimum Gasteiger partial charge on any atom is -0.475 e. The zero-order valence-corrected chi connectivity index (χ0v) is 28.0. The van der Waals surface area contributed by atoms with E-state index < -0.39 is 32.2 Å². The fraction of sp³-hybridized carbons (Fsp3) is 0.0625. The number of carboxylic acid groups (broad SMARTS) is 1. The van der Waals surface area contributed by atoms with Gasteiger partial charge in [-0.2, -0.15) is 16.9 Å². The van der Waals surface area contributed by atoms with Crippen molar-refractivity contribution in [3.8, 4) is 22.3 Å². The molecule has 0 radical (unpaired) electrons. The number of hydrogen-bond donors (Lipinski definition) is 3. The van der Waals surface area contributed by atoms with Crippen molar-refractivity contribution in [1.82, 2.24) is 0 Å². The molecule has 0 unspecified atom stereocenters. The molecule has 250 valence electrons. The topological polar surface area (TPSA) is 159 Å². The summed E-state index contributed by atoms with van der Waals surface area (Å²) in [5, 5.41) is 15.0. The Kier molecular flexibility index (Phi) is 11.0. The first-order chi connectivity index (χ1) is 22.6. The van der Waals surface area contributed by atoms with E-state index in [4.69, 9.17) is 21.0 Å². The molecule has 4 N–H and O–H groups in total. The van der Waals surface area contributed by atoms with Gasteiger partial charge in [-0.05, 0) is 58.8 Å². The van der Waals surface area contributed by atoms with Gasteiger partial charge in [-0.25, -0.2) is 21.6 Å². The van der Waals surface area contributed by atoms with Crippen LogP contribution in [0.1, 0.15) is 4.88 Å². The monoisotopic (exact) mass is 733 g/mol. The van der Waals surface area contributed by atoms with Gasteiger partial charge in [0.15, 0.2) is 0 Å². The van der Waals surface area contributed by atoms with Crippen molar-refractivity contribution in [3.05, 3.63) is 120 Å². The Bertz CT molecular complexity index is 2010. The molecule has 0 aliphatic rings. The van der Waals surface area contributed by atoms with E-state index in [1.54, 1.807) is 30.5 Å². The van der Waals surface area contributed by atoms with Crippen LogP contribution in [0.25, 0.3) is 22.3 Å². The summed E-state index contributed by atoms with van der Waals surface area (Å²) in [7, 11) is -9.28. The highest BCUT2D eigenvalue weighted by Crippen LogP contribution is 2.42. The lowest BCUT2D eigenvalue weighted by atomic mass is 10.1. The second kappa shape index (κ2) is 14.6. The van der Waals surface area contributed by atoms with Crippen molar-refractivity contribution < 1.29 is 39.9 Å². The number of aliphatic carboxylic acids is 1. The quantitative estimate of drug-likeness (QED) is 0.0809. The number of carbonyl (C=O) groups is 1. The van der Waals surface area contributed by atoms with E-state index in [-0.39, 0.29) is 26.2 Å². The molecule has 5 rings (SSSR count). The minimum atomic E-state index is -5.08. The number of hydrogen-bond acceptors (Lipinski definition) is 8. The fourth-order valence-electron chi connectivity index (χ4n) is 4.25. The summed E-state index contributed by atoms with van der Waals surface area (Å²) in [6.45, 7) is 0. The molecule has 5 aromatic rings. The van der Waals surface area contributed by atoms with Crippen molar-refractivity contribution in [1.29, 1.82) is 5.41 Å². The molecule has 0 spiro atoms. The molecular formula is C32H26F3N3O6S4. The summed E-state index contributed by atoms with van der Waals surface area (Å²) >= 11 is 2.24. The second-order valence-corrected chi connectivity index (χ2v) is 15.6. The maximum absolute atomic E-state index is 14.2. The van der Waals surface area contributed by atoms with Crippen molar-refractivity contribution in [2.75, 3.05) is 9.97 Å². The van der Waals surface area contributed by atoms with Crippen LogP contribution in [0.15, 0.2) is 129 Å². The highest BCUT2D eigenvalue weighted by atomic mass is 32.3. The summed E-state index contributed by atoms with van der Waals surface area (Å²) in [4.78, 5) is 8.78. The Hall–Kier alpha value is -4.64. The number of sulfonamides is 2. The molecule has 0 aliphatic heterocycles. The van der Waals surface area contributed by atoms with E-state index in [1.165, 1.54) is 42.1 Å². The average Bonchev–Trinajstić information content (AvgIpc) is 3.49. The Morgan fingerprint density at radius 2 is 1.10 bits per heavy atom. The van der Waals surface area contributed by atoms with Crippen molar-refractivity contribution in [3.63, 3.8) is 0 Å². The van der Waals surface area contributed by atoms with E-state index in [2.05, 4.69) is 0 Å². The molecule has 0 bridgehead atoms. The molecule has 0 saturated heterocycles. The lowest BCUT2D eigenvalue weighted by Crippen LogP contribution is -2.37. The lowest BCUT2D eigenvalue weighted by Gasteiger charge is -2.24. The van der Waals surface area contributed by atoms with Gasteiger partial charge in [-0.1, -0.05) is 84.9 Å². The number of halogens is 3. The number of alkyl halides is 3. The molecule has 1 heterocycles. The van der Waals surface area contributed by atoms with Crippen molar-refractivity contribution >= 4 is 60.6 Å². The van der Waals surface area contributed by atoms with E-state index >= 15 is 0 Å². The number of nitrogen functional groups attached to an aromatic ring is 1. The Balaban J connectivity index is 0.000000671. The molecule has 0 saturated carbocycles. The largest absolute Gasteiger partial charge is 0.490 e. The maximum Gasteiger partial charge on any atom is 0.490 e. The van der Waals surface area contributed by atoms with Crippen LogP contribution < -0.4 is 9.44 Å². The lowest BCUT2D eigenvalue weighted by molar-refractivity contribution is -0.192. The van der Waals surface area contributed by atoms with E-state index in [0.717, 1.165) is 33.6 Å². The molecule has 1 aromatic heterocycles. The molecule has 9 nitrogen and oxygen atoms in total. The van der Waals surface area contributed by atoms with Gasteiger partial charge in [-0.3, -0.25) is 5.41 Å². The highest BCUT2D eigenvalue weighted by Gasteiger charge is 2.40. The number of nitrogens with zero attached hydrogens (tertiary/aromatic N) is 1. The normalized spacial score (nSPS) is 11.7. The number of anilines is 1. The van der Waals surface area contributed by atoms with Crippen LogP contribution >= 0.6 is 23.1 Å². The van der Waals surface area contributed by atoms with Gasteiger partial charge in [0.25, 0.3) is 20.0 Å². The predicted octanol–water partition coefficient (Wildman–Crippen LogP) is 7.31. The molecule has 4 aromatic carbocycles. The number of carboxylic acids is 1. The van der Waals surface area contributed by atoms with E-state index in [9.17, 15) is 30.0 Å². The van der Waals surface area contributed by atoms with Crippen LogP contribution in [0.5, 0.6) is 0 Å². The first-order valence-corrected chi connectivity index (χ1v) is 18.4. The van der Waals surface area contributed by atoms with Crippen LogP contribution in [0.3, 0.4) is 0 Å². The third-order valence-electron chi connectivity index (χ3n) is 6.52. The smallest absolute Gasteiger partial charge is 0.475 e. The van der Waals surface area contributed by atoms with Crippen molar-refractivity contribution in [2.45, 2.75) is 20.2 Å². The second-order valence-electron chi connectivity index (χ2n) is 9.69. The van der Waals surface area contributed by atoms with Gasteiger partial charge in [0.1, 0.15) is 5.84 Å². The highest BCUT2D eigenvalue weighted by molar-refractivity contribution is 8.10. The van der Waals surface area contributed by atoms with Crippen LogP contribution in [0.2, 0.25) is 0 Å². The number of thiophene rings is 1. The minimum absolute atomic E-state index is 0.0769. The van der Waals surface area contributed by atoms with E-state index in [1.807, 2.05) is 60.7 Å². The SMILES string of the molecule is CSc1sc(C(=N)N)cc1N(S(=O)(=O)c1ccc(-c2ccccc2)cc1)S(=O)(=O)c1ccc(-c2ccccc2)cc1.O=C(O)C(F)(F)F. The Morgan fingerprint density at radius 1 is 0.750 bits per heavy atom. The molecule has 16 heteroatoms. The summed E-state index contributed by atoms with van der Waals surface area (Å²) in [6, 6.07) is 32.4. The third-order valence-corrected chi connectivity index (χ3v) is 13.0. The number of amidine groups is 1. The summed E-state index contributed by atoms with van der Waals surface area (Å²) in [6.07, 6.45) is -3.38. The van der Waals surface area contributed by atoms with Gasteiger partial charge >= 0.3 is 12.1 Å². The van der Waals surface area contributed by atoms with Crippen molar-refractivity contribution in [2.24, 2.45) is 5.73 Å². The van der Waals surface area contributed by atoms with Crippen LogP contribution in [-0.4, -0.2) is 46.2 Å². The Morgan fingerprint density at radius 3 is 1.42 bits per heavy atom. The first-order valence-electron chi connectivity index (χ1n) is 13.5. The van der Waals surface area contributed by atoms with E-state index in [0.29, 0.717) is 7.92 Å². The predicted molar refractivity (Wildman–Crippen MR) is 181 cm³/mol. The third kappa shape index (κ3) is 8.07. The molecule has 0 fully saturated rings. The number of benzene rings is 4. The standard InChI is InChI=1S/C30H25N3O4S4.C2HF3O2/c1-38-30-27(20-28(39-30)29(31)32)33(40(34,35)25-16-12-23(13-17-25)21-8-4-2-5-9-21)41(36,37)26-18-14-24(15-19-26)22-10-6-3-7-11-22;3-2(4,5)1(6)7/h2-20H,1H3,(H3,31,32);(H,6,7). The van der Waals surface area contributed by atoms with Gasteiger partial charge < -0.3 is 10.8 Å². The van der Waals surface area contributed by atoms with Gasteiger partial charge in [0.05, 0.1) is 24.6 Å². The number of nitrogens with two attached hydrogens (primary N) is 1. The van der Waals surface area contributed by atoms with Gasteiger partial charge in [0.2, 0.25) is 0 Å². The zero-order chi connectivity index (χ0) is 35.3. The molecule has 0 atom stereocenters. The number of rotatable bonds is 9. The fourth-order valence-corrected chi connectivity index (χ4v) is 9.88. The molecular weight excluding hydrogens is 708 g/mol. The number of thioether (sulfide) groups is 1. The van der Waals surface area contributed by atoms with Gasteiger partial charge in [-0.15, -0.1) is 23.1 Å². The molecule has 0 amide bonds. The van der Waals surface area contributed by atoms with Crippen LogP contribution in [0.4, 0.5) is 18.9 Å². The first kappa shape index (κ1) is 36.2. The zero-order valence-electron chi connectivity index (χ0n) is 24.7. The Labute approximate surface area is 283 Å². The van der Waals surface area contributed by atoms with Crippen LogP contribution in [-0.2, 0) is 24.8 Å². The summed E-state index contributed by atoms with van der Waals surface area (Å²) in [5.74, 6) is -3.04. The summed E-state index contributed by atoms with van der Waals surface area (Å²) < 4.78 is 89.4. The number of nitrogens with one attached hydrogen (secondary N) is 1. The molecule has 48 heavy (non-hydrogen) atoms. The van der Waals surface area contributed by atoms with Gasteiger partial charge in [0, 0.05) is 0 Å². The maximum atomic E-state index is 14.2. The summed E-state index contributed by atoms with van der Waals surface area (Å²) in [5.41, 5.74) is 8.99. The van der Waals surface area contributed by atoms with Crippen LogP contribution in [0, 0.1) is 5.41 Å². The molecule has 0 aliphatic carbocycles.